The van der Waals surface area contributed by atoms with E-state index in [0.29, 0.717) is 44.2 Å². The van der Waals surface area contributed by atoms with E-state index >= 15 is 0 Å². The lowest BCUT2D eigenvalue weighted by Gasteiger charge is -2.19. The van der Waals surface area contributed by atoms with Crippen molar-refractivity contribution in [3.05, 3.63) is 29.8 Å². The number of aliphatic hydroxyl groups is 1. The van der Waals surface area contributed by atoms with Crippen molar-refractivity contribution in [3.63, 3.8) is 0 Å². The maximum absolute atomic E-state index is 13.3. The largest absolute Gasteiger partial charge is 0.490 e. The molecule has 0 radical (unpaired) electrons. The molecule has 44 heavy (non-hydrogen) atoms. The number of nitrogens with one attached hydrogen (secondary N) is 3. The predicted molar refractivity (Wildman–Crippen MR) is 174 cm³/mol. The first kappa shape index (κ1) is 39.3. The monoisotopic (exact) mass is 621 g/mol. The van der Waals surface area contributed by atoms with Crippen molar-refractivity contribution < 1.29 is 33.7 Å². The van der Waals surface area contributed by atoms with Gasteiger partial charge in [-0.05, 0) is 31.4 Å². The van der Waals surface area contributed by atoms with Crippen LogP contribution in [0.15, 0.2) is 24.3 Å². The van der Waals surface area contributed by atoms with Crippen molar-refractivity contribution in [2.75, 3.05) is 52.7 Å². The number of para-hydroxylation sites is 1. The van der Waals surface area contributed by atoms with E-state index in [1.165, 1.54) is 44.9 Å². The predicted octanol–water partition coefficient (Wildman–Crippen LogP) is 4.92. The molecule has 3 amide bonds. The molecule has 0 aliphatic carbocycles. The van der Waals surface area contributed by atoms with E-state index in [0.717, 1.165) is 32.1 Å². The Hall–Kier alpha value is -2.69. The van der Waals surface area contributed by atoms with Gasteiger partial charge >= 0.3 is 0 Å². The van der Waals surface area contributed by atoms with Crippen LogP contribution in [0.3, 0.4) is 0 Å². The van der Waals surface area contributed by atoms with Gasteiger partial charge in [-0.15, -0.1) is 0 Å². The van der Waals surface area contributed by atoms with E-state index in [9.17, 15) is 14.4 Å². The van der Waals surface area contributed by atoms with E-state index in [2.05, 4.69) is 29.8 Å². The van der Waals surface area contributed by atoms with Crippen LogP contribution in [-0.4, -0.2) is 81.6 Å². The topological polar surface area (TPSA) is 135 Å². The molecule has 0 heterocycles. The summed E-state index contributed by atoms with van der Waals surface area (Å²) in [5.74, 6) is -0.461. The Labute approximate surface area is 265 Å². The Kier molecular flexibility index (Phi) is 24.9. The zero-order chi connectivity index (χ0) is 32.1. The molecule has 0 saturated carbocycles. The molecule has 10 heteroatoms. The fourth-order valence-corrected chi connectivity index (χ4v) is 4.62. The zero-order valence-corrected chi connectivity index (χ0v) is 27.3. The van der Waals surface area contributed by atoms with Crippen LogP contribution >= 0.6 is 0 Å². The minimum absolute atomic E-state index is 0.0317. The first-order valence-electron chi connectivity index (χ1n) is 16.9. The highest BCUT2D eigenvalue weighted by atomic mass is 16.5. The molecule has 0 fully saturated rings. The minimum Gasteiger partial charge on any atom is -0.490 e. The normalized spacial score (nSPS) is 11.6. The van der Waals surface area contributed by atoms with E-state index < -0.39 is 11.9 Å². The van der Waals surface area contributed by atoms with Gasteiger partial charge in [0, 0.05) is 19.5 Å². The molecule has 0 aliphatic rings. The molecule has 1 rings (SSSR count). The summed E-state index contributed by atoms with van der Waals surface area (Å²) in [7, 11) is 0. The average Bonchev–Trinajstić information content (AvgIpc) is 3.03. The number of carbonyl (C=O) groups is 3. The van der Waals surface area contributed by atoms with Crippen molar-refractivity contribution in [1.82, 2.24) is 16.0 Å². The quantitative estimate of drug-likeness (QED) is 0.0933. The van der Waals surface area contributed by atoms with Crippen LogP contribution in [0.5, 0.6) is 5.75 Å². The third-order valence-corrected chi connectivity index (χ3v) is 7.19. The van der Waals surface area contributed by atoms with Gasteiger partial charge < -0.3 is 35.3 Å². The highest BCUT2D eigenvalue weighted by molar-refractivity contribution is 5.99. The molecule has 1 aromatic rings. The number of hydrogen-bond acceptors (Lipinski definition) is 7. The van der Waals surface area contributed by atoms with Gasteiger partial charge in [0.15, 0.2) is 0 Å². The molecule has 0 aliphatic heterocycles. The standard InChI is InChI=1S/C34H59N3O7/c1-3-5-7-9-11-15-21-35-32(39)20-19-30(34(41)36-22-16-12-10-8-6-4-2)37-33(40)29-17-13-14-18-31(29)44-28-27-43-26-25-42-24-23-38/h13-14,17-18,30,38H,3-12,15-16,19-28H2,1-2H3,(H,35,39)(H,36,41)(H,37,40). The molecular weight excluding hydrogens is 562 g/mol. The van der Waals surface area contributed by atoms with E-state index in [-0.39, 0.29) is 44.5 Å². The zero-order valence-electron chi connectivity index (χ0n) is 27.3. The maximum atomic E-state index is 13.3. The highest BCUT2D eigenvalue weighted by Gasteiger charge is 2.23. The van der Waals surface area contributed by atoms with Crippen LogP contribution in [0.2, 0.25) is 0 Å². The number of ether oxygens (including phenoxy) is 3. The summed E-state index contributed by atoms with van der Waals surface area (Å²) >= 11 is 0. The number of aliphatic hydroxyl groups excluding tert-OH is 1. The van der Waals surface area contributed by atoms with Crippen LogP contribution in [0.25, 0.3) is 0 Å². The average molecular weight is 622 g/mol. The van der Waals surface area contributed by atoms with Crippen molar-refractivity contribution in [2.24, 2.45) is 0 Å². The molecule has 10 nitrogen and oxygen atoms in total. The molecule has 4 N–H and O–H groups in total. The Bertz CT molecular complexity index is 884. The highest BCUT2D eigenvalue weighted by Crippen LogP contribution is 2.18. The first-order valence-corrected chi connectivity index (χ1v) is 16.9. The third-order valence-electron chi connectivity index (χ3n) is 7.19. The van der Waals surface area contributed by atoms with Gasteiger partial charge in [-0.1, -0.05) is 90.2 Å². The molecule has 1 unspecified atom stereocenters. The van der Waals surface area contributed by atoms with Crippen LogP contribution < -0.4 is 20.7 Å². The smallest absolute Gasteiger partial charge is 0.255 e. The Morgan fingerprint density at radius 2 is 1.30 bits per heavy atom. The summed E-state index contributed by atoms with van der Waals surface area (Å²) < 4.78 is 16.4. The molecule has 0 saturated heterocycles. The van der Waals surface area contributed by atoms with Crippen molar-refractivity contribution in [3.8, 4) is 5.75 Å². The second kappa shape index (κ2) is 27.8. The van der Waals surface area contributed by atoms with Gasteiger partial charge in [0.05, 0.1) is 38.6 Å². The summed E-state index contributed by atoms with van der Waals surface area (Å²) in [4.78, 5) is 39.0. The van der Waals surface area contributed by atoms with Crippen LogP contribution in [-0.2, 0) is 19.1 Å². The Balaban J connectivity index is 2.65. The number of unbranched alkanes of at least 4 members (excludes halogenated alkanes) is 10. The van der Waals surface area contributed by atoms with E-state index in [4.69, 9.17) is 19.3 Å². The Morgan fingerprint density at radius 1 is 0.727 bits per heavy atom. The van der Waals surface area contributed by atoms with Gasteiger partial charge in [0.25, 0.3) is 5.91 Å². The molecule has 0 bridgehead atoms. The van der Waals surface area contributed by atoms with Gasteiger partial charge in [0.2, 0.25) is 11.8 Å². The fraction of sp³-hybridized carbons (Fsp3) is 0.735. The lowest BCUT2D eigenvalue weighted by atomic mass is 10.1. The minimum atomic E-state index is -0.849. The summed E-state index contributed by atoms with van der Waals surface area (Å²) in [5, 5.41) is 17.5. The summed E-state index contributed by atoms with van der Waals surface area (Å²) in [6.07, 6.45) is 13.9. The van der Waals surface area contributed by atoms with E-state index in [1.807, 2.05) is 0 Å². The molecular formula is C34H59N3O7. The van der Waals surface area contributed by atoms with Crippen LogP contribution in [0.4, 0.5) is 0 Å². The second-order valence-corrected chi connectivity index (χ2v) is 11.0. The van der Waals surface area contributed by atoms with Crippen molar-refractivity contribution >= 4 is 17.7 Å². The van der Waals surface area contributed by atoms with Gasteiger partial charge in [-0.25, -0.2) is 0 Å². The lowest BCUT2D eigenvalue weighted by Crippen LogP contribution is -2.47. The SMILES string of the molecule is CCCCCCCCNC(=O)CCC(NC(=O)c1ccccc1OCCOCCOCCO)C(=O)NCCCCCCCC. The second-order valence-electron chi connectivity index (χ2n) is 11.0. The third kappa shape index (κ3) is 20.3. The Morgan fingerprint density at radius 3 is 1.95 bits per heavy atom. The summed E-state index contributed by atoms with van der Waals surface area (Å²) in [6, 6.07) is 6.00. The first-order chi connectivity index (χ1) is 21.5. The van der Waals surface area contributed by atoms with E-state index in [1.54, 1.807) is 24.3 Å². The number of carbonyl (C=O) groups excluding carboxylic acids is 3. The summed E-state index contributed by atoms with van der Waals surface area (Å²) in [6.45, 7) is 7.04. The summed E-state index contributed by atoms with van der Waals surface area (Å²) in [5.41, 5.74) is 0.306. The number of rotatable bonds is 29. The number of amides is 3. The lowest BCUT2D eigenvalue weighted by molar-refractivity contribution is -0.124. The van der Waals surface area contributed by atoms with Crippen LogP contribution in [0, 0.1) is 0 Å². The molecule has 252 valence electrons. The molecule has 0 spiro atoms. The van der Waals surface area contributed by atoms with Crippen LogP contribution in [0.1, 0.15) is 114 Å². The molecule has 0 aromatic heterocycles. The van der Waals surface area contributed by atoms with Gasteiger partial charge in [0.1, 0.15) is 18.4 Å². The van der Waals surface area contributed by atoms with Crippen molar-refractivity contribution in [1.29, 1.82) is 0 Å². The fourth-order valence-electron chi connectivity index (χ4n) is 4.62. The molecule has 1 atom stereocenters. The maximum Gasteiger partial charge on any atom is 0.255 e. The van der Waals surface area contributed by atoms with Gasteiger partial charge in [-0.3, -0.25) is 14.4 Å². The number of hydrogen-bond donors (Lipinski definition) is 4. The van der Waals surface area contributed by atoms with Gasteiger partial charge in [-0.2, -0.15) is 0 Å². The van der Waals surface area contributed by atoms with Crippen molar-refractivity contribution in [2.45, 2.75) is 110 Å². The number of benzene rings is 1. The molecule has 1 aromatic carbocycles.